The number of aromatic nitrogens is 2. The Balaban J connectivity index is 1.13. The fraction of sp³-hybridized carbons (Fsp3) is 0.586. The standard InChI is InChI=1S/C29H40ClN7O3/c1-3-22-17-36(28-26(30)33-25(27(31)34-28)29(39)32-21-6-7-21)14-15-37(22)23-10-12-35(13-11-23)16-20-4-8-24(9-5-20)40-18-19(2)38/h4-5,8-9,21-23H,3,6-7,10-18H2,1-2H3,(H2,31,34)(H,32,39)/t22-/m0/s1. The molecule has 1 aromatic carbocycles. The molecule has 3 heterocycles. The number of likely N-dealkylation sites (tertiary alicyclic amines) is 1. The van der Waals surface area contributed by atoms with Crippen molar-refractivity contribution < 1.29 is 14.3 Å². The fourth-order valence-corrected chi connectivity index (χ4v) is 5.96. The number of nitrogens with zero attached hydrogens (tertiary/aromatic N) is 5. The maximum absolute atomic E-state index is 12.5. The van der Waals surface area contributed by atoms with Gasteiger partial charge < -0.3 is 20.7 Å². The Morgan fingerprint density at radius 2 is 1.80 bits per heavy atom. The molecule has 11 heteroatoms. The fourth-order valence-electron chi connectivity index (χ4n) is 5.72. The van der Waals surface area contributed by atoms with Crippen molar-refractivity contribution in [2.45, 2.75) is 70.6 Å². The van der Waals surface area contributed by atoms with E-state index in [1.165, 1.54) is 12.5 Å². The molecule has 3 N–H and O–H groups in total. The third-order valence-corrected chi connectivity index (χ3v) is 8.34. The summed E-state index contributed by atoms with van der Waals surface area (Å²) in [5.41, 5.74) is 7.51. The number of ether oxygens (including phenoxy) is 1. The first-order chi connectivity index (χ1) is 19.3. The predicted octanol–water partition coefficient (Wildman–Crippen LogP) is 3.14. The average Bonchev–Trinajstić information content (AvgIpc) is 3.77. The molecule has 0 spiro atoms. The second kappa shape index (κ2) is 12.7. The van der Waals surface area contributed by atoms with E-state index in [0.717, 1.165) is 77.1 Å². The summed E-state index contributed by atoms with van der Waals surface area (Å²) in [5.74, 6) is 1.13. The zero-order valence-electron chi connectivity index (χ0n) is 23.4. The molecule has 40 heavy (non-hydrogen) atoms. The third kappa shape index (κ3) is 7.03. The highest BCUT2D eigenvalue weighted by atomic mass is 35.5. The Kier molecular flexibility index (Phi) is 9.07. The van der Waals surface area contributed by atoms with Crippen LogP contribution in [0.4, 0.5) is 11.6 Å². The van der Waals surface area contributed by atoms with E-state index in [4.69, 9.17) is 22.1 Å². The molecule has 3 aliphatic rings. The number of anilines is 2. The molecule has 216 valence electrons. The number of piperazine rings is 1. The number of halogens is 1. The second-order valence-corrected chi connectivity index (χ2v) is 11.6. The first-order valence-corrected chi connectivity index (χ1v) is 14.8. The van der Waals surface area contributed by atoms with Crippen molar-refractivity contribution in [2.75, 3.05) is 50.0 Å². The van der Waals surface area contributed by atoms with Gasteiger partial charge in [0.05, 0.1) is 0 Å². The van der Waals surface area contributed by atoms with Crippen LogP contribution >= 0.6 is 11.6 Å². The van der Waals surface area contributed by atoms with E-state index in [9.17, 15) is 9.59 Å². The van der Waals surface area contributed by atoms with E-state index < -0.39 is 0 Å². The number of piperidine rings is 1. The van der Waals surface area contributed by atoms with Gasteiger partial charge in [0, 0.05) is 44.3 Å². The summed E-state index contributed by atoms with van der Waals surface area (Å²) in [6, 6.07) is 9.19. The van der Waals surface area contributed by atoms with Gasteiger partial charge in [0.25, 0.3) is 5.91 Å². The molecule has 2 saturated heterocycles. The molecule has 0 radical (unpaired) electrons. The number of carbonyl (C=O) groups is 2. The minimum Gasteiger partial charge on any atom is -0.486 e. The van der Waals surface area contributed by atoms with Crippen molar-refractivity contribution in [1.82, 2.24) is 25.1 Å². The molecule has 1 aromatic heterocycles. The smallest absolute Gasteiger partial charge is 0.274 e. The van der Waals surface area contributed by atoms with E-state index in [1.54, 1.807) is 0 Å². The maximum Gasteiger partial charge on any atom is 0.274 e. The first kappa shape index (κ1) is 28.6. The lowest BCUT2D eigenvalue weighted by Crippen LogP contribution is -2.58. The van der Waals surface area contributed by atoms with Gasteiger partial charge in [0.15, 0.2) is 28.3 Å². The van der Waals surface area contributed by atoms with Gasteiger partial charge in [-0.15, -0.1) is 0 Å². The lowest BCUT2D eigenvalue weighted by atomic mass is 9.98. The lowest BCUT2D eigenvalue weighted by Gasteiger charge is -2.47. The van der Waals surface area contributed by atoms with Crippen LogP contribution < -0.4 is 20.7 Å². The van der Waals surface area contributed by atoms with Gasteiger partial charge in [0.1, 0.15) is 12.4 Å². The second-order valence-electron chi connectivity index (χ2n) is 11.2. The van der Waals surface area contributed by atoms with E-state index in [-0.39, 0.29) is 41.0 Å². The van der Waals surface area contributed by atoms with Crippen LogP contribution in [0.25, 0.3) is 0 Å². The Morgan fingerprint density at radius 3 is 2.45 bits per heavy atom. The quantitative estimate of drug-likeness (QED) is 0.445. The Hall–Kier alpha value is -2.95. The molecule has 0 unspecified atom stereocenters. The van der Waals surface area contributed by atoms with Gasteiger partial charge in [0.2, 0.25) is 0 Å². The molecule has 2 aliphatic heterocycles. The SMILES string of the molecule is CC[C@H]1CN(c2nc(N)c(C(=O)NC3CC3)nc2Cl)CCN1C1CCN(Cc2ccc(OCC(C)=O)cc2)CC1. The molecule has 0 bridgehead atoms. The third-order valence-electron chi connectivity index (χ3n) is 8.09. The van der Waals surface area contributed by atoms with Gasteiger partial charge in [-0.05, 0) is 69.8 Å². The van der Waals surface area contributed by atoms with Crippen LogP contribution in [0.3, 0.4) is 0 Å². The number of Topliss-reactive ketones (excluding diaryl/α,β-unsaturated/α-hetero) is 1. The Labute approximate surface area is 241 Å². The van der Waals surface area contributed by atoms with Crippen molar-refractivity contribution >= 4 is 34.9 Å². The number of rotatable bonds is 10. The van der Waals surface area contributed by atoms with Crippen molar-refractivity contribution in [2.24, 2.45) is 0 Å². The van der Waals surface area contributed by atoms with Crippen LogP contribution in [0.2, 0.25) is 5.15 Å². The molecule has 3 fully saturated rings. The van der Waals surface area contributed by atoms with Crippen LogP contribution in [-0.2, 0) is 11.3 Å². The molecular formula is C29H40ClN7O3. The number of benzene rings is 1. The Morgan fingerprint density at radius 1 is 1.07 bits per heavy atom. The summed E-state index contributed by atoms with van der Waals surface area (Å²) in [6.45, 7) is 9.41. The van der Waals surface area contributed by atoms with E-state index in [1.807, 2.05) is 12.1 Å². The van der Waals surface area contributed by atoms with Crippen molar-refractivity contribution in [3.8, 4) is 5.75 Å². The summed E-state index contributed by atoms with van der Waals surface area (Å²) in [4.78, 5) is 39.8. The summed E-state index contributed by atoms with van der Waals surface area (Å²) >= 11 is 6.54. The van der Waals surface area contributed by atoms with Gasteiger partial charge in [-0.1, -0.05) is 30.7 Å². The molecule has 10 nitrogen and oxygen atoms in total. The minimum absolute atomic E-state index is 0.0179. The number of hydrogen-bond acceptors (Lipinski definition) is 9. The van der Waals surface area contributed by atoms with Crippen LogP contribution in [0, 0.1) is 0 Å². The first-order valence-electron chi connectivity index (χ1n) is 14.4. The summed E-state index contributed by atoms with van der Waals surface area (Å²) in [7, 11) is 0. The van der Waals surface area contributed by atoms with E-state index in [2.05, 4.69) is 49.0 Å². The Bertz CT molecular complexity index is 1200. The summed E-state index contributed by atoms with van der Waals surface area (Å²) < 4.78 is 5.48. The number of nitrogens with two attached hydrogens (primary N) is 1. The van der Waals surface area contributed by atoms with Crippen LogP contribution in [0.15, 0.2) is 24.3 Å². The zero-order chi connectivity index (χ0) is 28.2. The highest BCUT2D eigenvalue weighted by Crippen LogP contribution is 2.30. The number of amides is 1. The minimum atomic E-state index is -0.306. The average molecular weight is 570 g/mol. The maximum atomic E-state index is 12.5. The van der Waals surface area contributed by atoms with Gasteiger partial charge >= 0.3 is 0 Å². The molecular weight excluding hydrogens is 530 g/mol. The number of carbonyl (C=O) groups excluding carboxylic acids is 2. The van der Waals surface area contributed by atoms with Gasteiger partial charge in [-0.25, -0.2) is 9.97 Å². The van der Waals surface area contributed by atoms with Crippen LogP contribution in [0.1, 0.15) is 62.0 Å². The molecule has 1 atom stereocenters. The molecule has 2 aromatic rings. The topological polar surface area (TPSA) is 117 Å². The van der Waals surface area contributed by atoms with Crippen LogP contribution in [0.5, 0.6) is 5.75 Å². The molecule has 1 aliphatic carbocycles. The number of nitrogen functional groups attached to an aromatic ring is 1. The number of hydrogen-bond donors (Lipinski definition) is 2. The van der Waals surface area contributed by atoms with Crippen molar-refractivity contribution in [3.05, 3.63) is 40.7 Å². The summed E-state index contributed by atoms with van der Waals surface area (Å²) in [6.07, 6.45) is 5.26. The summed E-state index contributed by atoms with van der Waals surface area (Å²) in [5, 5.41) is 3.13. The van der Waals surface area contributed by atoms with Crippen molar-refractivity contribution in [3.63, 3.8) is 0 Å². The van der Waals surface area contributed by atoms with Gasteiger partial charge in [-0.2, -0.15) is 0 Å². The van der Waals surface area contributed by atoms with Crippen molar-refractivity contribution in [1.29, 1.82) is 0 Å². The van der Waals surface area contributed by atoms with E-state index >= 15 is 0 Å². The lowest BCUT2D eigenvalue weighted by molar-refractivity contribution is -0.118. The number of nitrogens with one attached hydrogen (secondary N) is 1. The van der Waals surface area contributed by atoms with Gasteiger partial charge in [-0.3, -0.25) is 19.4 Å². The molecule has 1 saturated carbocycles. The molecule has 5 rings (SSSR count). The zero-order valence-corrected chi connectivity index (χ0v) is 24.2. The highest BCUT2D eigenvalue weighted by molar-refractivity contribution is 6.32. The largest absolute Gasteiger partial charge is 0.486 e. The number of ketones is 1. The van der Waals surface area contributed by atoms with Crippen LogP contribution in [-0.4, -0.2) is 88.9 Å². The predicted molar refractivity (Wildman–Crippen MR) is 156 cm³/mol. The highest BCUT2D eigenvalue weighted by Gasteiger charge is 2.35. The van der Waals surface area contributed by atoms with E-state index in [0.29, 0.717) is 17.9 Å². The molecule has 1 amide bonds. The normalized spacial score (nSPS) is 20.9. The monoisotopic (exact) mass is 569 g/mol.